The van der Waals surface area contributed by atoms with Crippen molar-refractivity contribution in [2.24, 2.45) is 0 Å². The molecule has 0 unspecified atom stereocenters. The Morgan fingerprint density at radius 3 is 2.40 bits per heavy atom. The molecule has 0 heterocycles. The molecule has 0 fully saturated rings. The zero-order valence-electron chi connectivity index (χ0n) is 3.20. The molecule has 0 bridgehead atoms. The normalized spacial score (nSPS) is 9.00. The average Bonchev–Trinajstić information content (AvgIpc) is 1.41. The molecule has 0 atom stereocenters. The fraction of sp³-hybridized carbons (Fsp3) is 1.00. The van der Waals surface area contributed by atoms with Gasteiger partial charge in [0.25, 0.3) is 0 Å². The maximum atomic E-state index is 10.8. The highest BCUT2D eigenvalue weighted by Gasteiger charge is 1.67. The van der Waals surface area contributed by atoms with Crippen molar-refractivity contribution in [1.29, 1.82) is 0 Å². The minimum absolute atomic E-state index is 0.608. The molecule has 5 heavy (non-hydrogen) atoms. The first kappa shape index (κ1) is 5.11. The van der Waals surface area contributed by atoms with Crippen LogP contribution in [0.4, 0.5) is 4.39 Å². The summed E-state index contributed by atoms with van der Waals surface area (Å²) in [6.07, 6.45) is 0.608. The molecule has 0 aliphatic heterocycles. The molecule has 0 N–H and O–H groups in total. The van der Waals surface area contributed by atoms with E-state index < -0.39 is 6.86 Å². The monoisotopic (exact) mass is 94.0 g/mol. The minimum Gasteiger partial charge on any atom is -0.355 e. The molecule has 0 aliphatic rings. The second kappa shape index (κ2) is 4.11. The quantitative estimate of drug-likeness (QED) is 0.409. The second-order valence-corrected chi connectivity index (χ2v) is 1.18. The van der Waals surface area contributed by atoms with E-state index in [2.05, 4.69) is 4.74 Å². The molecule has 0 amide bonds. The Morgan fingerprint density at radius 2 is 2.40 bits per heavy atom. The number of rotatable bonds is 2. The summed E-state index contributed by atoms with van der Waals surface area (Å²) in [5.41, 5.74) is 0. The summed E-state index contributed by atoms with van der Waals surface area (Å²) in [5.74, 6) is 0. The van der Waals surface area contributed by atoms with Gasteiger partial charge in [-0.05, 0) is 0 Å². The van der Waals surface area contributed by atoms with Gasteiger partial charge in [0.2, 0.25) is 0 Å². The number of halogens is 1. The van der Waals surface area contributed by atoms with Crippen molar-refractivity contribution in [3.63, 3.8) is 0 Å². The van der Waals surface area contributed by atoms with Crippen molar-refractivity contribution < 1.29 is 9.13 Å². The number of hydrogen-bond acceptors (Lipinski definition) is 1. The van der Waals surface area contributed by atoms with Gasteiger partial charge >= 0.3 is 0 Å². The Labute approximate surface area is 33.6 Å². The van der Waals surface area contributed by atoms with Crippen molar-refractivity contribution in [2.45, 2.75) is 0 Å². The third-order valence-electron chi connectivity index (χ3n) is 0.281. The molecule has 0 spiro atoms. The van der Waals surface area contributed by atoms with Gasteiger partial charge in [0.05, 0.1) is 0 Å². The lowest BCUT2D eigenvalue weighted by molar-refractivity contribution is 0.0895. The molecule has 0 aromatic heterocycles. The van der Waals surface area contributed by atoms with E-state index in [1.54, 1.807) is 0 Å². The van der Waals surface area contributed by atoms with Crippen LogP contribution in [0, 0.1) is 0 Å². The molecular formula is C2H7FOSi. The molecule has 32 valence electrons. The smallest absolute Gasteiger partial charge is 0.187 e. The van der Waals surface area contributed by atoms with Crippen molar-refractivity contribution in [3.05, 3.63) is 0 Å². The predicted molar refractivity (Wildman–Crippen MR) is 21.9 cm³/mol. The highest BCUT2D eigenvalue weighted by molar-refractivity contribution is 6.08. The van der Waals surface area contributed by atoms with Gasteiger partial charge in [0.15, 0.2) is 6.86 Å². The summed E-state index contributed by atoms with van der Waals surface area (Å²) in [6.45, 7) is -0.622. The molecule has 0 rings (SSSR count). The van der Waals surface area contributed by atoms with Crippen molar-refractivity contribution >= 4 is 10.2 Å². The SMILES string of the molecule is FCOC[SiH3]. The van der Waals surface area contributed by atoms with E-state index in [1.807, 2.05) is 0 Å². The first-order valence-corrected chi connectivity index (χ1v) is 2.97. The Hall–Kier alpha value is 0.107. The van der Waals surface area contributed by atoms with Crippen LogP contribution in [0.15, 0.2) is 0 Å². The molecule has 0 aliphatic carbocycles. The van der Waals surface area contributed by atoms with Crippen molar-refractivity contribution in [3.8, 4) is 0 Å². The highest BCUT2D eigenvalue weighted by atomic mass is 28.1. The maximum Gasteiger partial charge on any atom is 0.187 e. The number of hydrogen-bond donors (Lipinski definition) is 0. The van der Waals surface area contributed by atoms with Gasteiger partial charge in [-0.15, -0.1) is 0 Å². The van der Waals surface area contributed by atoms with Crippen LogP contribution in [0.3, 0.4) is 0 Å². The first-order valence-electron chi connectivity index (χ1n) is 1.55. The zero-order valence-corrected chi connectivity index (χ0v) is 5.20. The van der Waals surface area contributed by atoms with Crippen LogP contribution < -0.4 is 0 Å². The molecule has 0 aromatic carbocycles. The first-order chi connectivity index (χ1) is 2.41. The molecule has 0 saturated heterocycles. The van der Waals surface area contributed by atoms with Gasteiger partial charge in [-0.1, -0.05) is 0 Å². The number of ether oxygens (including phenoxy) is 1. The summed E-state index contributed by atoms with van der Waals surface area (Å²) in [4.78, 5) is 0. The largest absolute Gasteiger partial charge is 0.355 e. The van der Waals surface area contributed by atoms with Gasteiger partial charge in [-0.3, -0.25) is 0 Å². The van der Waals surface area contributed by atoms with Crippen molar-refractivity contribution in [1.82, 2.24) is 0 Å². The predicted octanol–water partition coefficient (Wildman–Crippen LogP) is -0.747. The molecule has 1 nitrogen and oxygen atoms in total. The fourth-order valence-electron chi connectivity index (χ4n) is 0.0772. The topological polar surface area (TPSA) is 9.23 Å². The van der Waals surface area contributed by atoms with Crippen LogP contribution in [-0.2, 0) is 4.74 Å². The number of alkyl halides is 1. The third kappa shape index (κ3) is 4.11. The van der Waals surface area contributed by atoms with Crippen LogP contribution in [0.25, 0.3) is 0 Å². The van der Waals surface area contributed by atoms with E-state index in [4.69, 9.17) is 0 Å². The summed E-state index contributed by atoms with van der Waals surface area (Å²) < 4.78 is 15.0. The summed E-state index contributed by atoms with van der Waals surface area (Å²) in [5, 5.41) is 0. The van der Waals surface area contributed by atoms with Gasteiger partial charge in [-0.2, -0.15) is 0 Å². The van der Waals surface area contributed by atoms with Crippen molar-refractivity contribution in [2.75, 3.05) is 13.1 Å². The van der Waals surface area contributed by atoms with E-state index >= 15 is 0 Å². The Balaban J connectivity index is 2.19. The second-order valence-electron chi connectivity index (χ2n) is 0.602. The Kier molecular flexibility index (Phi) is 4.19. The lowest BCUT2D eigenvalue weighted by Crippen LogP contribution is -1.87. The minimum atomic E-state index is -0.622. The van der Waals surface area contributed by atoms with Crippen LogP contribution >= 0.6 is 0 Å². The summed E-state index contributed by atoms with van der Waals surface area (Å²) in [7, 11) is 0.936. The zero-order chi connectivity index (χ0) is 4.12. The lowest BCUT2D eigenvalue weighted by Gasteiger charge is -1.83. The van der Waals surface area contributed by atoms with Crippen LogP contribution in [0.5, 0.6) is 0 Å². The molecule has 0 radical (unpaired) electrons. The van der Waals surface area contributed by atoms with Gasteiger partial charge in [-0.25, -0.2) is 4.39 Å². The van der Waals surface area contributed by atoms with Gasteiger partial charge in [0, 0.05) is 16.5 Å². The summed E-state index contributed by atoms with van der Waals surface area (Å²) in [6, 6.07) is 0. The van der Waals surface area contributed by atoms with E-state index in [0.717, 1.165) is 10.2 Å². The molecule has 3 heteroatoms. The standard InChI is InChI=1S/C2H7FOSi/c3-1-4-2-5/h1-2H2,5H3. The fourth-order valence-corrected chi connectivity index (χ4v) is 0.231. The van der Waals surface area contributed by atoms with Crippen LogP contribution in [-0.4, -0.2) is 23.3 Å². The van der Waals surface area contributed by atoms with E-state index in [1.165, 1.54) is 0 Å². The molecule has 0 saturated carbocycles. The Bertz CT molecular complexity index is 17.1. The molecular weight excluding hydrogens is 87.1 g/mol. The van der Waals surface area contributed by atoms with E-state index in [0.29, 0.717) is 6.23 Å². The maximum absolute atomic E-state index is 10.8. The lowest BCUT2D eigenvalue weighted by atomic mass is 11.5. The van der Waals surface area contributed by atoms with E-state index in [-0.39, 0.29) is 0 Å². The highest BCUT2D eigenvalue weighted by Crippen LogP contribution is 1.64. The van der Waals surface area contributed by atoms with Crippen LogP contribution in [0.1, 0.15) is 0 Å². The van der Waals surface area contributed by atoms with E-state index in [9.17, 15) is 4.39 Å². The van der Waals surface area contributed by atoms with Gasteiger partial charge in [0.1, 0.15) is 0 Å². The van der Waals surface area contributed by atoms with Gasteiger partial charge < -0.3 is 4.74 Å². The Morgan fingerprint density at radius 1 is 1.80 bits per heavy atom. The molecule has 0 aromatic rings. The summed E-state index contributed by atoms with van der Waals surface area (Å²) >= 11 is 0. The average molecular weight is 94.2 g/mol. The third-order valence-corrected chi connectivity index (χ3v) is 0.690. The van der Waals surface area contributed by atoms with Crippen LogP contribution in [0.2, 0.25) is 0 Å².